The van der Waals surface area contributed by atoms with Crippen LogP contribution >= 0.6 is 23.1 Å². The number of rotatable bonds is 8. The number of Topliss-reactive ketones (excluding diaryl/α,β-unsaturated/α-hetero) is 1. The first-order valence-electron chi connectivity index (χ1n) is 13.1. The lowest BCUT2D eigenvalue weighted by molar-refractivity contribution is -0.384. The fraction of sp³-hybridized carbons (Fsp3) is 0.0968. The number of carbonyl (C=O) groups is 2. The van der Waals surface area contributed by atoms with Crippen molar-refractivity contribution in [2.75, 3.05) is 12.0 Å². The second kappa shape index (κ2) is 11.9. The SMILES string of the molecule is COc1ccc(/C(O)=C2/C(=O)C(=O)N(c3nnc(SCc4cccc5ccccc45)s3)C2c2ccc([N+](=O)[O-])cc2)cc1F. The summed E-state index contributed by atoms with van der Waals surface area (Å²) in [4.78, 5) is 38.7. The Morgan fingerprint density at radius 3 is 2.55 bits per heavy atom. The van der Waals surface area contributed by atoms with E-state index in [4.69, 9.17) is 4.74 Å². The van der Waals surface area contributed by atoms with E-state index in [1.54, 1.807) is 0 Å². The Morgan fingerprint density at radius 1 is 1.07 bits per heavy atom. The number of benzene rings is 4. The number of hydrogen-bond acceptors (Lipinski definition) is 10. The van der Waals surface area contributed by atoms with E-state index in [-0.39, 0.29) is 27.7 Å². The first kappa shape index (κ1) is 29.0. The monoisotopic (exact) mass is 628 g/mol. The van der Waals surface area contributed by atoms with Gasteiger partial charge in [0.1, 0.15) is 5.76 Å². The summed E-state index contributed by atoms with van der Waals surface area (Å²) in [5, 5.41) is 33.3. The van der Waals surface area contributed by atoms with Crippen molar-refractivity contribution in [1.82, 2.24) is 10.2 Å². The number of ketones is 1. The molecule has 2 heterocycles. The summed E-state index contributed by atoms with van der Waals surface area (Å²) >= 11 is 2.50. The molecule has 6 rings (SSSR count). The number of anilines is 1. The number of thioether (sulfide) groups is 1. The van der Waals surface area contributed by atoms with Gasteiger partial charge in [-0.25, -0.2) is 4.39 Å². The minimum absolute atomic E-state index is 0.0585. The number of nitro benzene ring substituents is 1. The smallest absolute Gasteiger partial charge is 0.301 e. The van der Waals surface area contributed by atoms with Crippen LogP contribution in [0.15, 0.2) is 94.8 Å². The summed E-state index contributed by atoms with van der Waals surface area (Å²) in [6, 6.07) is 21.7. The van der Waals surface area contributed by atoms with Crippen molar-refractivity contribution in [2.45, 2.75) is 16.1 Å². The van der Waals surface area contributed by atoms with Crippen molar-refractivity contribution in [1.29, 1.82) is 0 Å². The third kappa shape index (κ3) is 5.27. The van der Waals surface area contributed by atoms with Gasteiger partial charge < -0.3 is 9.84 Å². The van der Waals surface area contributed by atoms with Gasteiger partial charge in [-0.3, -0.25) is 24.6 Å². The Balaban J connectivity index is 1.39. The molecular weight excluding hydrogens is 607 g/mol. The number of hydrogen-bond donors (Lipinski definition) is 1. The molecular formula is C31H21FN4O6S2. The molecule has 0 bridgehead atoms. The molecule has 1 aliphatic rings. The first-order valence-corrected chi connectivity index (χ1v) is 14.9. The number of nitro groups is 1. The Kier molecular flexibility index (Phi) is 7.80. The Labute approximate surface area is 257 Å². The number of fused-ring (bicyclic) bond motifs is 1. The van der Waals surface area contributed by atoms with Crippen LogP contribution in [0.1, 0.15) is 22.7 Å². The van der Waals surface area contributed by atoms with Crippen molar-refractivity contribution in [3.63, 3.8) is 0 Å². The molecule has 0 spiro atoms. The number of aliphatic hydroxyl groups excluding tert-OH is 1. The van der Waals surface area contributed by atoms with Gasteiger partial charge in [0.05, 0.1) is 23.6 Å². The fourth-order valence-corrected chi connectivity index (χ4v) is 6.88. The molecule has 1 saturated heterocycles. The number of methoxy groups -OCH3 is 1. The van der Waals surface area contributed by atoms with E-state index in [1.165, 1.54) is 55.3 Å². The Hall–Kier alpha value is -5.14. The highest BCUT2D eigenvalue weighted by Crippen LogP contribution is 2.44. The highest BCUT2D eigenvalue weighted by atomic mass is 32.2. The predicted octanol–water partition coefficient (Wildman–Crippen LogP) is 6.67. The van der Waals surface area contributed by atoms with Gasteiger partial charge in [0.25, 0.3) is 11.5 Å². The average Bonchev–Trinajstić information content (AvgIpc) is 3.61. The maximum Gasteiger partial charge on any atom is 0.301 e. The van der Waals surface area contributed by atoms with Gasteiger partial charge in [-0.1, -0.05) is 65.6 Å². The average molecular weight is 629 g/mol. The van der Waals surface area contributed by atoms with E-state index in [0.29, 0.717) is 15.7 Å². The van der Waals surface area contributed by atoms with Crippen LogP contribution in [0.4, 0.5) is 15.2 Å². The summed E-state index contributed by atoms with van der Waals surface area (Å²) in [5.41, 5.74) is 0.796. The molecule has 13 heteroatoms. The number of amides is 1. The second-order valence-electron chi connectivity index (χ2n) is 9.64. The zero-order valence-corrected chi connectivity index (χ0v) is 24.5. The molecule has 44 heavy (non-hydrogen) atoms. The lowest BCUT2D eigenvalue weighted by Crippen LogP contribution is -2.29. The van der Waals surface area contributed by atoms with Crippen LogP contribution < -0.4 is 9.64 Å². The topological polar surface area (TPSA) is 136 Å². The van der Waals surface area contributed by atoms with Crippen LogP contribution in [0.5, 0.6) is 5.75 Å². The Bertz CT molecular complexity index is 1970. The largest absolute Gasteiger partial charge is 0.507 e. The van der Waals surface area contributed by atoms with Gasteiger partial charge in [-0.15, -0.1) is 10.2 Å². The van der Waals surface area contributed by atoms with Crippen molar-refractivity contribution in [3.05, 3.63) is 123 Å². The highest BCUT2D eigenvalue weighted by Gasteiger charge is 2.48. The van der Waals surface area contributed by atoms with E-state index in [2.05, 4.69) is 10.2 Å². The summed E-state index contributed by atoms with van der Waals surface area (Å²) in [5.74, 6) is -2.91. The lowest BCUT2D eigenvalue weighted by Gasteiger charge is -2.22. The number of aromatic nitrogens is 2. The molecule has 0 radical (unpaired) electrons. The van der Waals surface area contributed by atoms with Crippen LogP contribution in [0.25, 0.3) is 16.5 Å². The van der Waals surface area contributed by atoms with Crippen molar-refractivity contribution < 1.29 is 28.7 Å². The van der Waals surface area contributed by atoms with E-state index >= 15 is 0 Å². The van der Waals surface area contributed by atoms with Crippen LogP contribution in [-0.2, 0) is 15.3 Å². The molecule has 1 fully saturated rings. The first-order chi connectivity index (χ1) is 21.3. The number of aliphatic hydroxyl groups is 1. The van der Waals surface area contributed by atoms with Gasteiger partial charge in [-0.2, -0.15) is 0 Å². The predicted molar refractivity (Wildman–Crippen MR) is 164 cm³/mol. The quantitative estimate of drug-likeness (QED) is 0.0380. The van der Waals surface area contributed by atoms with Crippen LogP contribution in [-0.4, -0.2) is 39.0 Å². The third-order valence-electron chi connectivity index (χ3n) is 7.12. The summed E-state index contributed by atoms with van der Waals surface area (Å²) < 4.78 is 20.0. The fourth-order valence-electron chi connectivity index (χ4n) is 5.01. The zero-order chi connectivity index (χ0) is 31.0. The highest BCUT2D eigenvalue weighted by molar-refractivity contribution is 8.00. The molecule has 1 N–H and O–H groups in total. The normalized spacial score (nSPS) is 16.0. The molecule has 4 aromatic carbocycles. The minimum Gasteiger partial charge on any atom is -0.507 e. The summed E-state index contributed by atoms with van der Waals surface area (Å²) in [6.45, 7) is 0. The molecule has 1 aromatic heterocycles. The van der Waals surface area contributed by atoms with Crippen LogP contribution in [0.3, 0.4) is 0 Å². The minimum atomic E-state index is -1.22. The Morgan fingerprint density at radius 2 is 1.82 bits per heavy atom. The van der Waals surface area contributed by atoms with Gasteiger partial charge in [0.2, 0.25) is 5.13 Å². The van der Waals surface area contributed by atoms with Gasteiger partial charge in [0, 0.05) is 23.4 Å². The molecule has 0 saturated carbocycles. The number of carbonyl (C=O) groups excluding carboxylic acids is 2. The molecule has 1 atom stereocenters. The van der Waals surface area contributed by atoms with Crippen LogP contribution in [0, 0.1) is 15.9 Å². The van der Waals surface area contributed by atoms with E-state index in [1.807, 2.05) is 42.5 Å². The molecule has 10 nitrogen and oxygen atoms in total. The maximum absolute atomic E-state index is 14.5. The van der Waals surface area contributed by atoms with Gasteiger partial charge >= 0.3 is 5.91 Å². The van der Waals surface area contributed by atoms with E-state index < -0.39 is 34.2 Å². The molecule has 0 aliphatic carbocycles. The molecule has 1 amide bonds. The van der Waals surface area contributed by atoms with Crippen molar-refractivity contribution >= 4 is 62.1 Å². The van der Waals surface area contributed by atoms with Gasteiger partial charge in [0.15, 0.2) is 15.9 Å². The summed E-state index contributed by atoms with van der Waals surface area (Å²) in [6.07, 6.45) is 0. The van der Waals surface area contributed by atoms with Crippen molar-refractivity contribution in [3.8, 4) is 5.75 Å². The zero-order valence-electron chi connectivity index (χ0n) is 22.8. The second-order valence-corrected chi connectivity index (χ2v) is 11.8. The van der Waals surface area contributed by atoms with E-state index in [0.717, 1.165) is 38.6 Å². The van der Waals surface area contributed by atoms with Crippen LogP contribution in [0.2, 0.25) is 0 Å². The third-order valence-corrected chi connectivity index (χ3v) is 9.23. The van der Waals surface area contributed by atoms with Gasteiger partial charge in [-0.05, 0) is 52.2 Å². The number of halogens is 1. The molecule has 5 aromatic rings. The molecule has 1 aliphatic heterocycles. The van der Waals surface area contributed by atoms with Crippen molar-refractivity contribution in [2.24, 2.45) is 0 Å². The number of nitrogens with zero attached hydrogens (tertiary/aromatic N) is 4. The summed E-state index contributed by atoms with van der Waals surface area (Å²) in [7, 11) is 1.29. The number of ether oxygens (including phenoxy) is 1. The molecule has 1 unspecified atom stereocenters. The van der Waals surface area contributed by atoms with E-state index in [9.17, 15) is 29.2 Å². The number of non-ortho nitro benzene ring substituents is 1. The molecule has 220 valence electrons. The lowest BCUT2D eigenvalue weighted by atomic mass is 9.95. The standard InChI is InChI=1S/C31H21FN4O6S2/c1-42-24-14-11-19(15-23(24)32)27(37)25-26(18-9-12-21(13-10-18)36(40)41)35(29(39)28(25)38)30-33-34-31(44-30)43-16-20-7-4-6-17-5-2-3-8-22(17)20/h2-15,26,37H,16H2,1H3/b27-25-. The maximum atomic E-state index is 14.5.